The smallest absolute Gasteiger partial charge is 0.226 e. The van der Waals surface area contributed by atoms with Crippen LogP contribution in [0.1, 0.15) is 25.7 Å². The number of nitrogens with one attached hydrogen (secondary N) is 1. The largest absolute Gasteiger partial charge is 0.396 e. The molecule has 2 rings (SSSR count). The topological polar surface area (TPSA) is 69.6 Å². The molecule has 0 aromatic carbocycles. The van der Waals surface area contributed by atoms with Crippen LogP contribution in [0.25, 0.3) is 0 Å². The van der Waals surface area contributed by atoms with Crippen LogP contribution >= 0.6 is 0 Å². The molecule has 90 valence electrons. The van der Waals surface area contributed by atoms with Gasteiger partial charge in [0.25, 0.3) is 0 Å². The third kappa shape index (κ3) is 1.91. The summed E-state index contributed by atoms with van der Waals surface area (Å²) < 4.78 is 0. The van der Waals surface area contributed by atoms with Gasteiger partial charge in [-0.25, -0.2) is 0 Å². The average Bonchev–Trinajstić information content (AvgIpc) is 2.62. The van der Waals surface area contributed by atoms with Crippen molar-refractivity contribution >= 4 is 11.8 Å². The number of aliphatic hydroxyl groups excluding tert-OH is 1. The van der Waals surface area contributed by atoms with E-state index in [2.05, 4.69) is 5.32 Å². The van der Waals surface area contributed by atoms with Gasteiger partial charge in [0, 0.05) is 26.1 Å². The van der Waals surface area contributed by atoms with Gasteiger partial charge in [-0.3, -0.25) is 9.59 Å². The number of carbonyl (C=O) groups is 2. The van der Waals surface area contributed by atoms with E-state index in [-0.39, 0.29) is 30.3 Å². The van der Waals surface area contributed by atoms with Gasteiger partial charge >= 0.3 is 0 Å². The van der Waals surface area contributed by atoms with Crippen molar-refractivity contribution in [3.8, 4) is 0 Å². The van der Waals surface area contributed by atoms with E-state index < -0.39 is 0 Å². The van der Waals surface area contributed by atoms with Gasteiger partial charge in [0.05, 0.1) is 12.0 Å². The zero-order valence-electron chi connectivity index (χ0n) is 9.37. The van der Waals surface area contributed by atoms with Crippen molar-refractivity contribution in [3.63, 3.8) is 0 Å². The predicted molar refractivity (Wildman–Crippen MR) is 57.6 cm³/mol. The van der Waals surface area contributed by atoms with Crippen molar-refractivity contribution in [2.75, 3.05) is 26.2 Å². The molecule has 2 heterocycles. The van der Waals surface area contributed by atoms with Crippen molar-refractivity contribution in [3.05, 3.63) is 0 Å². The highest BCUT2D eigenvalue weighted by molar-refractivity contribution is 5.85. The number of carbonyl (C=O) groups excluding carboxylic acids is 2. The fraction of sp³-hybridized carbons (Fsp3) is 0.818. The Balaban J connectivity index is 1.91. The Kier molecular flexibility index (Phi) is 3.14. The SMILES string of the molecule is O=C(CCO)N1CCC2(CCNC2=O)CC1. The lowest BCUT2D eigenvalue weighted by atomic mass is 9.77. The highest BCUT2D eigenvalue weighted by atomic mass is 16.3. The molecule has 0 aliphatic carbocycles. The Hall–Kier alpha value is -1.10. The summed E-state index contributed by atoms with van der Waals surface area (Å²) in [6.45, 7) is 1.96. The van der Waals surface area contributed by atoms with E-state index in [0.29, 0.717) is 13.1 Å². The number of piperidine rings is 1. The predicted octanol–water partition coefficient (Wildman–Crippen LogP) is -0.503. The maximum absolute atomic E-state index is 11.7. The molecule has 0 radical (unpaired) electrons. The first-order valence-electron chi connectivity index (χ1n) is 5.85. The molecule has 0 saturated carbocycles. The average molecular weight is 226 g/mol. The normalized spacial score (nSPS) is 23.6. The number of nitrogens with zero attached hydrogens (tertiary/aromatic N) is 1. The van der Waals surface area contributed by atoms with Crippen LogP contribution in [0.3, 0.4) is 0 Å². The Labute approximate surface area is 94.8 Å². The molecule has 2 fully saturated rings. The standard InChI is InChI=1S/C11H18N2O3/c14-8-1-9(15)13-6-3-11(4-7-13)2-5-12-10(11)16/h14H,1-8H2,(H,12,16). The lowest BCUT2D eigenvalue weighted by Crippen LogP contribution is -2.46. The van der Waals surface area contributed by atoms with E-state index in [1.54, 1.807) is 4.90 Å². The Bertz CT molecular complexity index is 296. The lowest BCUT2D eigenvalue weighted by Gasteiger charge is -2.37. The summed E-state index contributed by atoms with van der Waals surface area (Å²) in [5, 5.41) is 11.6. The minimum Gasteiger partial charge on any atom is -0.396 e. The van der Waals surface area contributed by atoms with Crippen LogP contribution < -0.4 is 5.32 Å². The highest BCUT2D eigenvalue weighted by Crippen LogP contribution is 2.37. The summed E-state index contributed by atoms with van der Waals surface area (Å²) in [4.78, 5) is 25.0. The van der Waals surface area contributed by atoms with Gasteiger partial charge in [-0.2, -0.15) is 0 Å². The Morgan fingerprint density at radius 1 is 1.38 bits per heavy atom. The minimum atomic E-state index is -0.212. The quantitative estimate of drug-likeness (QED) is 0.666. The summed E-state index contributed by atoms with van der Waals surface area (Å²) in [6, 6.07) is 0. The summed E-state index contributed by atoms with van der Waals surface area (Å²) in [7, 11) is 0. The summed E-state index contributed by atoms with van der Waals surface area (Å²) in [5.41, 5.74) is -0.212. The van der Waals surface area contributed by atoms with Crippen LogP contribution in [0.15, 0.2) is 0 Å². The second-order valence-electron chi connectivity index (χ2n) is 4.64. The van der Waals surface area contributed by atoms with Crippen LogP contribution in [-0.2, 0) is 9.59 Å². The monoisotopic (exact) mass is 226 g/mol. The number of amides is 2. The van der Waals surface area contributed by atoms with E-state index in [0.717, 1.165) is 25.8 Å². The molecule has 5 heteroatoms. The number of aliphatic hydroxyl groups is 1. The van der Waals surface area contributed by atoms with E-state index in [1.165, 1.54) is 0 Å². The molecule has 2 N–H and O–H groups in total. The maximum atomic E-state index is 11.7. The van der Waals surface area contributed by atoms with Gasteiger partial charge in [0.2, 0.25) is 11.8 Å². The molecule has 0 aromatic rings. The zero-order chi connectivity index (χ0) is 11.6. The summed E-state index contributed by atoms with van der Waals surface area (Å²) in [5.74, 6) is 0.150. The minimum absolute atomic E-state index is 0.00393. The summed E-state index contributed by atoms with van der Waals surface area (Å²) in [6.07, 6.45) is 2.61. The van der Waals surface area contributed by atoms with Crippen molar-refractivity contribution in [1.29, 1.82) is 0 Å². The molecule has 0 atom stereocenters. The first kappa shape index (κ1) is 11.4. The molecule has 0 unspecified atom stereocenters. The van der Waals surface area contributed by atoms with Gasteiger partial charge in [-0.1, -0.05) is 0 Å². The van der Waals surface area contributed by atoms with Gasteiger partial charge in [-0.05, 0) is 19.3 Å². The van der Waals surface area contributed by atoms with Crippen molar-refractivity contribution < 1.29 is 14.7 Å². The number of hydrogen-bond acceptors (Lipinski definition) is 3. The van der Waals surface area contributed by atoms with E-state index in [1.807, 2.05) is 0 Å². The first-order chi connectivity index (χ1) is 7.68. The van der Waals surface area contributed by atoms with E-state index in [4.69, 9.17) is 5.11 Å². The molecule has 16 heavy (non-hydrogen) atoms. The fourth-order valence-corrected chi connectivity index (χ4v) is 2.63. The van der Waals surface area contributed by atoms with Crippen LogP contribution in [-0.4, -0.2) is 48.1 Å². The van der Waals surface area contributed by atoms with E-state index in [9.17, 15) is 9.59 Å². The second kappa shape index (κ2) is 4.41. The molecular weight excluding hydrogens is 208 g/mol. The fourth-order valence-electron chi connectivity index (χ4n) is 2.63. The molecule has 5 nitrogen and oxygen atoms in total. The Morgan fingerprint density at radius 2 is 2.06 bits per heavy atom. The van der Waals surface area contributed by atoms with Crippen LogP contribution in [0.5, 0.6) is 0 Å². The molecule has 2 aliphatic rings. The van der Waals surface area contributed by atoms with Gasteiger partial charge in [0.1, 0.15) is 0 Å². The van der Waals surface area contributed by atoms with Crippen LogP contribution in [0.4, 0.5) is 0 Å². The number of likely N-dealkylation sites (tertiary alicyclic amines) is 1. The van der Waals surface area contributed by atoms with Gasteiger partial charge in [-0.15, -0.1) is 0 Å². The molecule has 2 amide bonds. The third-order valence-electron chi connectivity index (χ3n) is 3.77. The molecule has 2 saturated heterocycles. The van der Waals surface area contributed by atoms with Crippen molar-refractivity contribution in [2.24, 2.45) is 5.41 Å². The van der Waals surface area contributed by atoms with Gasteiger partial charge in [0.15, 0.2) is 0 Å². The number of rotatable bonds is 2. The maximum Gasteiger partial charge on any atom is 0.226 e. The highest BCUT2D eigenvalue weighted by Gasteiger charge is 2.44. The second-order valence-corrected chi connectivity index (χ2v) is 4.64. The van der Waals surface area contributed by atoms with Gasteiger partial charge < -0.3 is 15.3 Å². The van der Waals surface area contributed by atoms with Crippen molar-refractivity contribution in [1.82, 2.24) is 10.2 Å². The number of hydrogen-bond donors (Lipinski definition) is 2. The first-order valence-corrected chi connectivity index (χ1v) is 5.85. The van der Waals surface area contributed by atoms with Crippen molar-refractivity contribution in [2.45, 2.75) is 25.7 Å². The molecular formula is C11H18N2O3. The third-order valence-corrected chi connectivity index (χ3v) is 3.77. The lowest BCUT2D eigenvalue weighted by molar-refractivity contribution is -0.138. The summed E-state index contributed by atoms with van der Waals surface area (Å²) >= 11 is 0. The Morgan fingerprint density at radius 3 is 2.56 bits per heavy atom. The van der Waals surface area contributed by atoms with E-state index >= 15 is 0 Å². The molecule has 0 bridgehead atoms. The zero-order valence-corrected chi connectivity index (χ0v) is 9.37. The molecule has 0 aromatic heterocycles. The molecule has 1 spiro atoms. The molecule has 2 aliphatic heterocycles. The van der Waals surface area contributed by atoms with Crippen LogP contribution in [0, 0.1) is 5.41 Å². The van der Waals surface area contributed by atoms with Crippen LogP contribution in [0.2, 0.25) is 0 Å².